The van der Waals surface area contributed by atoms with Crippen LogP contribution in [0.4, 0.5) is 5.69 Å². The van der Waals surface area contributed by atoms with Gasteiger partial charge in [0, 0.05) is 6.07 Å². The second kappa shape index (κ2) is 7.83. The van der Waals surface area contributed by atoms with Gasteiger partial charge in [-0.25, -0.2) is 9.59 Å². The molecule has 0 unspecified atom stereocenters. The van der Waals surface area contributed by atoms with Gasteiger partial charge in [-0.3, -0.25) is 14.7 Å². The molecule has 0 atom stereocenters. The molecule has 1 heterocycles. The largest absolute Gasteiger partial charge is 0.465 e. The van der Waals surface area contributed by atoms with Crippen molar-refractivity contribution in [1.29, 1.82) is 0 Å². The van der Waals surface area contributed by atoms with Gasteiger partial charge in [0.2, 0.25) is 0 Å². The average molecular weight is 371 g/mol. The number of carbonyl (C=O) groups is 1. The van der Waals surface area contributed by atoms with Crippen LogP contribution < -0.4 is 5.69 Å². The lowest BCUT2D eigenvalue weighted by atomic mass is 10.1. The summed E-state index contributed by atoms with van der Waals surface area (Å²) >= 11 is 0. The fourth-order valence-corrected chi connectivity index (χ4v) is 2.76. The molecular weight excluding hydrogens is 354 g/mol. The number of benzene rings is 2. The predicted octanol–water partition coefficient (Wildman–Crippen LogP) is 2.24. The average Bonchev–Trinajstić information content (AvgIpc) is 2.98. The van der Waals surface area contributed by atoms with Crippen molar-refractivity contribution in [2.24, 2.45) is 0 Å². The van der Waals surface area contributed by atoms with Crippen LogP contribution in [0.1, 0.15) is 15.9 Å². The van der Waals surface area contributed by atoms with Crippen LogP contribution in [0.5, 0.6) is 0 Å². The van der Waals surface area contributed by atoms with Crippen molar-refractivity contribution >= 4 is 22.7 Å². The van der Waals surface area contributed by atoms with Crippen molar-refractivity contribution in [1.82, 2.24) is 9.55 Å². The lowest BCUT2D eigenvalue weighted by Crippen LogP contribution is -2.19. The SMILES string of the molecule is COC(=O)c1cc2c(cc1[N+](=O)[O-])[nH]c(=O)n2CCOCc1ccccc1. The number of fused-ring (bicyclic) bond motifs is 1. The normalized spacial score (nSPS) is 10.9. The van der Waals surface area contributed by atoms with E-state index in [9.17, 15) is 19.7 Å². The van der Waals surface area contributed by atoms with E-state index < -0.39 is 22.3 Å². The fraction of sp³-hybridized carbons (Fsp3) is 0.222. The lowest BCUT2D eigenvalue weighted by molar-refractivity contribution is -0.385. The molecule has 0 aliphatic heterocycles. The number of nitro groups is 1. The summed E-state index contributed by atoms with van der Waals surface area (Å²) in [6.07, 6.45) is 0. The minimum Gasteiger partial charge on any atom is -0.465 e. The number of H-pyrrole nitrogens is 1. The number of nitrogens with zero attached hydrogens (tertiary/aromatic N) is 2. The molecule has 0 fully saturated rings. The molecule has 1 N–H and O–H groups in total. The van der Waals surface area contributed by atoms with E-state index in [1.807, 2.05) is 30.3 Å². The van der Waals surface area contributed by atoms with Gasteiger partial charge in [-0.1, -0.05) is 30.3 Å². The number of carbonyl (C=O) groups excluding carboxylic acids is 1. The molecule has 0 bridgehead atoms. The second-order valence-electron chi connectivity index (χ2n) is 5.76. The minimum atomic E-state index is -0.843. The smallest absolute Gasteiger partial charge is 0.344 e. The third kappa shape index (κ3) is 3.87. The number of aromatic nitrogens is 2. The summed E-state index contributed by atoms with van der Waals surface area (Å²) in [5.74, 6) is -0.843. The van der Waals surface area contributed by atoms with E-state index in [4.69, 9.17) is 4.74 Å². The van der Waals surface area contributed by atoms with Gasteiger partial charge in [0.1, 0.15) is 5.56 Å². The zero-order chi connectivity index (χ0) is 19.4. The monoisotopic (exact) mass is 371 g/mol. The molecule has 3 rings (SSSR count). The third-order valence-corrected chi connectivity index (χ3v) is 4.06. The van der Waals surface area contributed by atoms with E-state index in [2.05, 4.69) is 9.72 Å². The number of aromatic amines is 1. The highest BCUT2D eigenvalue weighted by Crippen LogP contribution is 2.25. The van der Waals surface area contributed by atoms with Gasteiger partial charge in [-0.15, -0.1) is 0 Å². The molecule has 0 spiro atoms. The van der Waals surface area contributed by atoms with Gasteiger partial charge in [0.25, 0.3) is 5.69 Å². The van der Waals surface area contributed by atoms with Crippen LogP contribution >= 0.6 is 0 Å². The van der Waals surface area contributed by atoms with E-state index in [1.54, 1.807) is 0 Å². The minimum absolute atomic E-state index is 0.215. The summed E-state index contributed by atoms with van der Waals surface area (Å²) in [4.78, 5) is 37.1. The quantitative estimate of drug-likeness (QED) is 0.295. The maximum absolute atomic E-state index is 12.2. The topological polar surface area (TPSA) is 116 Å². The molecule has 3 aromatic rings. The molecular formula is C18H17N3O6. The van der Waals surface area contributed by atoms with Crippen molar-refractivity contribution in [3.8, 4) is 0 Å². The predicted molar refractivity (Wildman–Crippen MR) is 96.7 cm³/mol. The fourth-order valence-electron chi connectivity index (χ4n) is 2.76. The van der Waals surface area contributed by atoms with Gasteiger partial charge >= 0.3 is 11.7 Å². The molecule has 0 saturated heterocycles. The molecule has 0 aliphatic rings. The van der Waals surface area contributed by atoms with Crippen LogP contribution in [0.3, 0.4) is 0 Å². The molecule has 27 heavy (non-hydrogen) atoms. The van der Waals surface area contributed by atoms with Gasteiger partial charge in [0.15, 0.2) is 0 Å². The Morgan fingerprint density at radius 3 is 2.67 bits per heavy atom. The number of nitro benzene ring substituents is 1. The van der Waals surface area contributed by atoms with Gasteiger partial charge < -0.3 is 14.5 Å². The number of nitrogens with one attached hydrogen (secondary N) is 1. The summed E-state index contributed by atoms with van der Waals surface area (Å²) in [7, 11) is 1.14. The van der Waals surface area contributed by atoms with Crippen molar-refractivity contribution < 1.29 is 19.2 Å². The highest BCUT2D eigenvalue weighted by molar-refractivity contribution is 5.98. The highest BCUT2D eigenvalue weighted by Gasteiger charge is 2.24. The first kappa shape index (κ1) is 18.3. The van der Waals surface area contributed by atoms with Crippen LogP contribution in [0, 0.1) is 10.1 Å². The maximum Gasteiger partial charge on any atom is 0.344 e. The summed E-state index contributed by atoms with van der Waals surface area (Å²) in [5.41, 5.74) is 0.560. The standard InChI is InChI=1S/C18H17N3O6/c1-26-17(22)13-9-16-14(10-15(13)21(24)25)19-18(23)20(16)7-8-27-11-12-5-3-2-4-6-12/h2-6,9-10H,7-8,11H2,1H3,(H,19,23). The van der Waals surface area contributed by atoms with Crippen molar-refractivity contribution in [3.05, 3.63) is 74.2 Å². The number of hydrogen-bond acceptors (Lipinski definition) is 6. The van der Waals surface area contributed by atoms with E-state index in [0.29, 0.717) is 12.1 Å². The number of imidazole rings is 1. The summed E-state index contributed by atoms with van der Waals surface area (Å²) < 4.78 is 11.6. The van der Waals surface area contributed by atoms with E-state index in [-0.39, 0.29) is 24.2 Å². The van der Waals surface area contributed by atoms with Crippen LogP contribution in [-0.4, -0.2) is 34.2 Å². The molecule has 9 heteroatoms. The number of methoxy groups -OCH3 is 1. The first-order chi connectivity index (χ1) is 13.0. The van der Waals surface area contributed by atoms with Gasteiger partial charge in [-0.2, -0.15) is 0 Å². The van der Waals surface area contributed by atoms with Crippen LogP contribution in [0.25, 0.3) is 11.0 Å². The Kier molecular flexibility index (Phi) is 5.32. The Labute approximate surface area is 153 Å². The van der Waals surface area contributed by atoms with E-state index in [1.165, 1.54) is 10.6 Å². The summed E-state index contributed by atoms with van der Waals surface area (Å²) in [5, 5.41) is 11.2. The van der Waals surface area contributed by atoms with Crippen molar-refractivity contribution in [2.75, 3.05) is 13.7 Å². The molecule has 0 saturated carbocycles. The lowest BCUT2D eigenvalue weighted by Gasteiger charge is -2.07. The number of hydrogen-bond donors (Lipinski definition) is 1. The highest BCUT2D eigenvalue weighted by atomic mass is 16.6. The van der Waals surface area contributed by atoms with Crippen molar-refractivity contribution in [2.45, 2.75) is 13.2 Å². The summed E-state index contributed by atoms with van der Waals surface area (Å²) in [6, 6.07) is 12.0. The Hall–Kier alpha value is -3.46. The molecule has 0 radical (unpaired) electrons. The van der Waals surface area contributed by atoms with E-state index in [0.717, 1.165) is 18.7 Å². The van der Waals surface area contributed by atoms with Gasteiger partial charge in [-0.05, 0) is 11.6 Å². The van der Waals surface area contributed by atoms with Crippen molar-refractivity contribution in [3.63, 3.8) is 0 Å². The Morgan fingerprint density at radius 2 is 2.00 bits per heavy atom. The number of rotatable bonds is 7. The molecule has 0 amide bonds. The molecule has 1 aromatic heterocycles. The number of ether oxygens (including phenoxy) is 2. The molecule has 9 nitrogen and oxygen atoms in total. The number of esters is 1. The van der Waals surface area contributed by atoms with Crippen LogP contribution in [0.2, 0.25) is 0 Å². The van der Waals surface area contributed by atoms with E-state index >= 15 is 0 Å². The molecule has 2 aromatic carbocycles. The first-order valence-corrected chi connectivity index (χ1v) is 8.12. The summed E-state index contributed by atoms with van der Waals surface area (Å²) in [6.45, 7) is 0.882. The Bertz CT molecular complexity index is 1040. The Morgan fingerprint density at radius 1 is 1.26 bits per heavy atom. The first-order valence-electron chi connectivity index (χ1n) is 8.12. The van der Waals surface area contributed by atoms with Gasteiger partial charge in [0.05, 0.1) is 42.8 Å². The van der Waals surface area contributed by atoms with Crippen LogP contribution in [-0.2, 0) is 22.6 Å². The maximum atomic E-state index is 12.2. The molecule has 0 aliphatic carbocycles. The third-order valence-electron chi connectivity index (χ3n) is 4.06. The second-order valence-corrected chi connectivity index (χ2v) is 5.76. The zero-order valence-electron chi connectivity index (χ0n) is 14.5. The Balaban J connectivity index is 1.84. The zero-order valence-corrected chi connectivity index (χ0v) is 14.5. The molecule has 140 valence electrons. The van der Waals surface area contributed by atoms with Crippen LogP contribution in [0.15, 0.2) is 47.3 Å².